The van der Waals surface area contributed by atoms with Crippen LogP contribution in [0.5, 0.6) is 0 Å². The van der Waals surface area contributed by atoms with Crippen molar-refractivity contribution in [3.8, 4) is 11.8 Å². The second-order valence-corrected chi connectivity index (χ2v) is 5.46. The average molecular weight is 359 g/mol. The number of hydrogen-bond acceptors (Lipinski definition) is 8. The molecule has 9 nitrogen and oxygen atoms in total. The molecule has 0 spiro atoms. The molecule has 1 aromatic rings. The monoisotopic (exact) mass is 359 g/mol. The van der Waals surface area contributed by atoms with Crippen molar-refractivity contribution in [1.29, 1.82) is 0 Å². The third-order valence-corrected chi connectivity index (χ3v) is 3.87. The van der Waals surface area contributed by atoms with E-state index in [-0.39, 0.29) is 24.9 Å². The second kappa shape index (κ2) is 8.87. The topological polar surface area (TPSA) is 188 Å². The molecule has 138 valence electrons. The highest BCUT2D eigenvalue weighted by Gasteiger charge is 2.57. The van der Waals surface area contributed by atoms with Gasteiger partial charge in [-0.25, -0.2) is 4.79 Å². The molecule has 0 saturated heterocycles. The van der Waals surface area contributed by atoms with Gasteiger partial charge in [0.05, 0.1) is 12.8 Å². The van der Waals surface area contributed by atoms with Crippen LogP contribution in [-0.2, 0) is 19.9 Å². The van der Waals surface area contributed by atoms with Gasteiger partial charge in [0.2, 0.25) is 5.54 Å². The molecule has 0 aliphatic heterocycles. The lowest BCUT2D eigenvalue weighted by Crippen LogP contribution is -2.71. The Morgan fingerprint density at radius 3 is 2.31 bits per heavy atom. The van der Waals surface area contributed by atoms with Gasteiger partial charge < -0.3 is 32.9 Å². The molecule has 0 aliphatic carbocycles. The number of nitrogens with zero attached hydrogens (tertiary/aromatic N) is 1. The van der Waals surface area contributed by atoms with Crippen LogP contribution in [0.1, 0.15) is 24.0 Å². The van der Waals surface area contributed by atoms with E-state index in [1.807, 2.05) is 0 Å². The molecule has 0 saturated carbocycles. The van der Waals surface area contributed by atoms with Crippen molar-refractivity contribution in [3.05, 3.63) is 35.4 Å². The number of ketones is 1. The molecule has 0 radical (unpaired) electrons. The second-order valence-electron chi connectivity index (χ2n) is 5.46. The van der Waals surface area contributed by atoms with Crippen LogP contribution in [0.3, 0.4) is 0 Å². The van der Waals surface area contributed by atoms with E-state index in [0.717, 1.165) is 0 Å². The lowest BCUT2D eigenvalue weighted by molar-refractivity contribution is -0.151. The Morgan fingerprint density at radius 2 is 1.85 bits per heavy atom. The molecule has 2 atom stereocenters. The fraction of sp³-hybridized carbons (Fsp3) is 0.294. The molecule has 1 rings (SSSR count). The molecular formula is C17H21N5O4. The van der Waals surface area contributed by atoms with Crippen LogP contribution in [0.2, 0.25) is 0 Å². The Labute approximate surface area is 150 Å². The first kappa shape index (κ1) is 21.0. The van der Waals surface area contributed by atoms with Gasteiger partial charge in [-0.1, -0.05) is 36.1 Å². The summed E-state index contributed by atoms with van der Waals surface area (Å²) in [4.78, 5) is 35.0. The molecular weight excluding hydrogens is 338 g/mol. The van der Waals surface area contributed by atoms with E-state index in [2.05, 4.69) is 16.9 Å². The number of aldehydes is 1. The molecule has 0 aromatic heterocycles. The summed E-state index contributed by atoms with van der Waals surface area (Å²) in [5.41, 5.74) is 13.8. The summed E-state index contributed by atoms with van der Waals surface area (Å²) in [5.74, 6) is 7.52. The molecule has 1 aromatic carbocycles. The first-order valence-electron chi connectivity index (χ1n) is 7.59. The zero-order valence-corrected chi connectivity index (χ0v) is 14.0. The minimum absolute atomic E-state index is 0.116. The molecule has 0 fully saturated rings. The van der Waals surface area contributed by atoms with Crippen LogP contribution in [0.25, 0.3) is 0 Å². The van der Waals surface area contributed by atoms with E-state index in [1.165, 1.54) is 18.3 Å². The number of carbonyl (C=O) groups excluding carboxylic acids is 2. The number of carbonyl (C=O) groups is 3. The molecule has 0 heterocycles. The van der Waals surface area contributed by atoms with Gasteiger partial charge in [-0.05, 0) is 11.1 Å². The molecule has 0 aliphatic rings. The van der Waals surface area contributed by atoms with Gasteiger partial charge in [0.1, 0.15) is 11.8 Å². The van der Waals surface area contributed by atoms with Crippen LogP contribution in [0, 0.1) is 11.8 Å². The van der Waals surface area contributed by atoms with Gasteiger partial charge in [-0.3, -0.25) is 4.79 Å². The first-order chi connectivity index (χ1) is 12.3. The number of rotatable bonds is 8. The van der Waals surface area contributed by atoms with Crippen LogP contribution >= 0.6 is 0 Å². The van der Waals surface area contributed by atoms with Gasteiger partial charge in [0, 0.05) is 12.8 Å². The SMILES string of the molecule is NCC#CC(N)(c1ccc(C=NN)cc1)C(N)(C(=O)O)C(=O)CCC=O. The third-order valence-electron chi connectivity index (χ3n) is 3.87. The summed E-state index contributed by atoms with van der Waals surface area (Å²) in [6, 6.07) is 6.07. The lowest BCUT2D eigenvalue weighted by Gasteiger charge is -2.38. The highest BCUT2D eigenvalue weighted by atomic mass is 16.4. The predicted molar refractivity (Wildman–Crippen MR) is 95.8 cm³/mol. The van der Waals surface area contributed by atoms with Crippen molar-refractivity contribution in [2.75, 3.05) is 6.54 Å². The number of carboxylic acids is 1. The van der Waals surface area contributed by atoms with Crippen LogP contribution in [0.4, 0.5) is 0 Å². The highest BCUT2D eigenvalue weighted by Crippen LogP contribution is 2.31. The van der Waals surface area contributed by atoms with E-state index < -0.39 is 22.8 Å². The quantitative estimate of drug-likeness (QED) is 0.0918. The maximum atomic E-state index is 12.5. The summed E-state index contributed by atoms with van der Waals surface area (Å²) in [5, 5.41) is 13.1. The Bertz CT molecular complexity index is 766. The summed E-state index contributed by atoms with van der Waals surface area (Å²) >= 11 is 0. The maximum absolute atomic E-state index is 12.5. The van der Waals surface area contributed by atoms with Gasteiger partial charge in [0.15, 0.2) is 5.78 Å². The molecule has 0 amide bonds. The standard InChI is InChI=1S/C17H21N5O4/c18-9-2-8-16(19,13-6-4-12(5-7-13)11-22-21)17(20,15(25)26)14(24)3-1-10-23/h4-7,10-11H,1,3,9,18-21H2,(H,25,26). The van der Waals surface area contributed by atoms with Crippen molar-refractivity contribution >= 4 is 24.3 Å². The Kier molecular flexibility index (Phi) is 7.16. The van der Waals surface area contributed by atoms with Crippen LogP contribution in [-0.4, -0.2) is 41.4 Å². The van der Waals surface area contributed by atoms with Crippen molar-refractivity contribution in [2.45, 2.75) is 23.9 Å². The Hall–Kier alpha value is -3.06. The third kappa shape index (κ3) is 3.94. The normalized spacial score (nSPS) is 15.3. The minimum atomic E-state index is -2.58. The first-order valence-corrected chi connectivity index (χ1v) is 7.59. The maximum Gasteiger partial charge on any atom is 0.334 e. The largest absolute Gasteiger partial charge is 0.479 e. The number of aliphatic carboxylic acids is 1. The van der Waals surface area contributed by atoms with Gasteiger partial charge in [-0.2, -0.15) is 5.10 Å². The smallest absolute Gasteiger partial charge is 0.334 e. The number of hydrazone groups is 1. The lowest BCUT2D eigenvalue weighted by atomic mass is 9.70. The van der Waals surface area contributed by atoms with E-state index >= 15 is 0 Å². The summed E-state index contributed by atoms with van der Waals surface area (Å²) in [6.07, 6.45) is 1.30. The highest BCUT2D eigenvalue weighted by molar-refractivity contribution is 6.10. The summed E-state index contributed by atoms with van der Waals surface area (Å²) in [7, 11) is 0. The number of benzene rings is 1. The van der Waals surface area contributed by atoms with Crippen molar-refractivity contribution < 1.29 is 19.5 Å². The number of Topliss-reactive ketones (excluding diaryl/α,β-unsaturated/α-hetero) is 1. The fourth-order valence-electron chi connectivity index (χ4n) is 2.40. The van der Waals surface area contributed by atoms with Crippen molar-refractivity contribution in [2.24, 2.45) is 28.1 Å². The zero-order chi connectivity index (χ0) is 19.8. The van der Waals surface area contributed by atoms with Crippen LogP contribution < -0.4 is 23.0 Å². The average Bonchev–Trinajstić information content (AvgIpc) is 2.63. The molecule has 26 heavy (non-hydrogen) atoms. The van der Waals surface area contributed by atoms with Gasteiger partial charge in [0.25, 0.3) is 0 Å². The van der Waals surface area contributed by atoms with Gasteiger partial charge in [-0.15, -0.1) is 0 Å². The number of hydrogen-bond donors (Lipinski definition) is 5. The van der Waals surface area contributed by atoms with Crippen molar-refractivity contribution in [1.82, 2.24) is 0 Å². The number of nitrogens with two attached hydrogens (primary N) is 4. The minimum Gasteiger partial charge on any atom is -0.479 e. The van der Waals surface area contributed by atoms with Crippen LogP contribution in [0.15, 0.2) is 29.4 Å². The molecule has 9 N–H and O–H groups in total. The molecule has 9 heteroatoms. The van der Waals surface area contributed by atoms with E-state index in [4.69, 9.17) is 23.0 Å². The summed E-state index contributed by atoms with van der Waals surface area (Å²) < 4.78 is 0. The summed E-state index contributed by atoms with van der Waals surface area (Å²) in [6.45, 7) is -0.116. The zero-order valence-electron chi connectivity index (χ0n) is 14.0. The Balaban J connectivity index is 3.59. The Morgan fingerprint density at radius 1 is 1.23 bits per heavy atom. The molecule has 0 bridgehead atoms. The number of carboxylic acid groups (broad SMARTS) is 1. The van der Waals surface area contributed by atoms with Gasteiger partial charge >= 0.3 is 5.97 Å². The van der Waals surface area contributed by atoms with E-state index in [0.29, 0.717) is 11.8 Å². The van der Waals surface area contributed by atoms with E-state index in [1.54, 1.807) is 12.1 Å². The predicted octanol–water partition coefficient (Wildman–Crippen LogP) is -1.57. The van der Waals surface area contributed by atoms with E-state index in [9.17, 15) is 19.5 Å². The van der Waals surface area contributed by atoms with Crippen molar-refractivity contribution in [3.63, 3.8) is 0 Å². The molecule has 2 unspecified atom stereocenters. The fourth-order valence-corrected chi connectivity index (χ4v) is 2.40.